The van der Waals surface area contributed by atoms with Gasteiger partial charge in [-0.3, -0.25) is 0 Å². The third kappa shape index (κ3) is 6.63. The average molecular weight is 555 g/mol. The van der Waals surface area contributed by atoms with Gasteiger partial charge in [0.2, 0.25) is 15.9 Å². The maximum atomic E-state index is 14.2. The maximum Gasteiger partial charge on any atom is 0.370 e. The Morgan fingerprint density at radius 2 is 1.95 bits per heavy atom. The van der Waals surface area contributed by atoms with Crippen LogP contribution in [-0.4, -0.2) is 57.4 Å². The van der Waals surface area contributed by atoms with Gasteiger partial charge in [-0.1, -0.05) is 38.0 Å². The number of sulfonamides is 1. The summed E-state index contributed by atoms with van der Waals surface area (Å²) in [6.45, 7) is 2.78. The Morgan fingerprint density at radius 1 is 1.22 bits per heavy atom. The quantitative estimate of drug-likeness (QED) is 0.150. The number of halogens is 2. The van der Waals surface area contributed by atoms with Crippen molar-refractivity contribution in [2.45, 2.75) is 48.9 Å². The Kier molecular flexibility index (Phi) is 10.4. The molecule has 2 aromatic carbocycles. The lowest BCUT2D eigenvalue weighted by atomic mass is 10.1. The van der Waals surface area contributed by atoms with E-state index in [-0.39, 0.29) is 23.8 Å². The largest absolute Gasteiger partial charge is 0.461 e. The van der Waals surface area contributed by atoms with Crippen molar-refractivity contribution in [2.24, 2.45) is 0 Å². The minimum atomic E-state index is -4.16. The first kappa shape index (κ1) is 28.9. The number of rotatable bonds is 11. The molecule has 0 fully saturated rings. The minimum absolute atomic E-state index is 0.00777. The number of unbranched alkanes of at least 4 members (excludes halogenated alkanes) is 1. The van der Waals surface area contributed by atoms with Gasteiger partial charge in [-0.05, 0) is 37.8 Å². The Balaban J connectivity index is 2.20. The molecule has 11 heteroatoms. The highest BCUT2D eigenvalue weighted by Gasteiger charge is 2.39. The van der Waals surface area contributed by atoms with Crippen LogP contribution in [0, 0.1) is 0 Å². The summed E-state index contributed by atoms with van der Waals surface area (Å²) in [5.41, 5.74) is 1.21. The maximum absolute atomic E-state index is 14.2. The van der Waals surface area contributed by atoms with Gasteiger partial charge in [-0.15, -0.1) is 11.8 Å². The highest BCUT2D eigenvalue weighted by molar-refractivity contribution is 7.98. The number of nitrogens with zero attached hydrogens (tertiary/aromatic N) is 2. The summed E-state index contributed by atoms with van der Waals surface area (Å²) in [4.78, 5) is 14.0. The van der Waals surface area contributed by atoms with Crippen molar-refractivity contribution in [1.82, 2.24) is 4.31 Å². The molecule has 0 aliphatic carbocycles. The third-order valence-electron chi connectivity index (χ3n) is 5.95. The Hall–Kier alpha value is -2.63. The highest BCUT2D eigenvalue weighted by Crippen LogP contribution is 2.44. The molecule has 37 heavy (non-hydrogen) atoms. The van der Waals surface area contributed by atoms with Gasteiger partial charge in [0.25, 0.3) is 0 Å². The summed E-state index contributed by atoms with van der Waals surface area (Å²) in [5.74, 6) is -2.38. The number of para-hydroxylation sites is 1. The molecule has 0 bridgehead atoms. The second-order valence-electron chi connectivity index (χ2n) is 8.32. The standard InChI is InChI=1S/C26H32F2N2O5S2/c1-4-6-10-20-17-29(19-11-8-7-9-12-19)22-15-24(36-3)23(35-18-21(28)26(31)34-5-2)16-25(22)37(32,33)30(20)14-13-27/h7-9,11-12,15-16,18,20H,4-6,10,13-14,17H2,1-3H3/b21-18-. The number of benzene rings is 2. The first-order chi connectivity index (χ1) is 17.8. The van der Waals surface area contributed by atoms with Gasteiger partial charge < -0.3 is 14.4 Å². The fourth-order valence-corrected chi connectivity index (χ4v) is 6.55. The van der Waals surface area contributed by atoms with E-state index in [1.165, 1.54) is 22.1 Å². The first-order valence-corrected chi connectivity index (χ1v) is 14.8. The predicted molar refractivity (Wildman–Crippen MR) is 141 cm³/mol. The van der Waals surface area contributed by atoms with Gasteiger partial charge in [-0.2, -0.15) is 8.70 Å². The van der Waals surface area contributed by atoms with E-state index in [0.717, 1.165) is 18.5 Å². The van der Waals surface area contributed by atoms with Crippen LogP contribution in [-0.2, 0) is 19.6 Å². The third-order valence-corrected chi connectivity index (χ3v) is 8.69. The fourth-order valence-electron chi connectivity index (χ4n) is 4.20. The van der Waals surface area contributed by atoms with E-state index < -0.39 is 34.5 Å². The number of alkyl halides is 1. The Morgan fingerprint density at radius 3 is 2.57 bits per heavy atom. The molecule has 3 rings (SSSR count). The lowest BCUT2D eigenvalue weighted by Crippen LogP contribution is -2.44. The summed E-state index contributed by atoms with van der Waals surface area (Å²) in [6, 6.07) is 11.9. The number of hydrogen-bond acceptors (Lipinski definition) is 7. The van der Waals surface area contributed by atoms with Crippen molar-refractivity contribution in [2.75, 3.05) is 37.5 Å². The molecule has 1 unspecified atom stereocenters. The molecule has 2 aromatic rings. The summed E-state index contributed by atoms with van der Waals surface area (Å²) < 4.78 is 67.0. The predicted octanol–water partition coefficient (Wildman–Crippen LogP) is 5.83. The van der Waals surface area contributed by atoms with Crippen molar-refractivity contribution >= 4 is 39.1 Å². The van der Waals surface area contributed by atoms with Crippen LogP contribution in [0.25, 0.3) is 0 Å². The minimum Gasteiger partial charge on any atom is -0.461 e. The van der Waals surface area contributed by atoms with E-state index in [1.807, 2.05) is 42.2 Å². The first-order valence-electron chi connectivity index (χ1n) is 12.1. The molecule has 0 radical (unpaired) electrons. The molecule has 202 valence electrons. The summed E-state index contributed by atoms with van der Waals surface area (Å²) in [7, 11) is -4.16. The van der Waals surface area contributed by atoms with Crippen molar-refractivity contribution in [3.8, 4) is 5.75 Å². The Bertz CT molecular complexity index is 1210. The number of thioether (sulfide) groups is 1. The van der Waals surface area contributed by atoms with Gasteiger partial charge in [-0.25, -0.2) is 17.6 Å². The van der Waals surface area contributed by atoms with Crippen molar-refractivity contribution in [3.63, 3.8) is 0 Å². The number of anilines is 2. The molecule has 0 aromatic heterocycles. The number of hydrogen-bond donors (Lipinski definition) is 0. The number of esters is 1. The SMILES string of the molecule is CCCCC1CN(c2ccccc2)c2cc(SC)c(O/C=C(\F)C(=O)OCC)cc2S(=O)(=O)N1CCF. The lowest BCUT2D eigenvalue weighted by molar-refractivity contribution is -0.140. The van der Waals surface area contributed by atoms with Crippen LogP contribution in [0.2, 0.25) is 0 Å². The number of fused-ring (bicyclic) bond motifs is 1. The average Bonchev–Trinajstić information content (AvgIpc) is 2.98. The molecule has 0 amide bonds. The summed E-state index contributed by atoms with van der Waals surface area (Å²) >= 11 is 1.28. The van der Waals surface area contributed by atoms with Gasteiger partial charge in [0.15, 0.2) is 0 Å². The number of ether oxygens (including phenoxy) is 2. The normalized spacial score (nSPS) is 17.7. The van der Waals surface area contributed by atoms with Gasteiger partial charge in [0.1, 0.15) is 23.6 Å². The van der Waals surface area contributed by atoms with E-state index >= 15 is 0 Å². The molecule has 0 saturated heterocycles. The second kappa shape index (κ2) is 13.3. The van der Waals surface area contributed by atoms with Crippen LogP contribution in [0.15, 0.2) is 64.3 Å². The van der Waals surface area contributed by atoms with Gasteiger partial charge >= 0.3 is 5.97 Å². The zero-order chi connectivity index (χ0) is 27.0. The zero-order valence-corrected chi connectivity index (χ0v) is 22.8. The van der Waals surface area contributed by atoms with Crippen LogP contribution in [0.3, 0.4) is 0 Å². The monoisotopic (exact) mass is 554 g/mol. The van der Waals surface area contributed by atoms with E-state index in [4.69, 9.17) is 4.74 Å². The molecular weight excluding hydrogens is 522 g/mol. The molecule has 1 aliphatic rings. The molecule has 7 nitrogen and oxygen atoms in total. The zero-order valence-electron chi connectivity index (χ0n) is 21.2. The van der Waals surface area contributed by atoms with Crippen LogP contribution in [0.5, 0.6) is 5.75 Å². The van der Waals surface area contributed by atoms with Crippen molar-refractivity contribution < 1.29 is 31.5 Å². The van der Waals surface area contributed by atoms with Crippen LogP contribution >= 0.6 is 11.8 Å². The number of carbonyl (C=O) groups excluding carboxylic acids is 1. The van der Waals surface area contributed by atoms with E-state index in [0.29, 0.717) is 29.8 Å². The van der Waals surface area contributed by atoms with Crippen LogP contribution in [0.4, 0.5) is 20.2 Å². The number of carbonyl (C=O) groups is 1. The molecular formula is C26H32F2N2O5S2. The topological polar surface area (TPSA) is 76.1 Å². The van der Waals surface area contributed by atoms with Crippen LogP contribution < -0.4 is 9.64 Å². The smallest absolute Gasteiger partial charge is 0.370 e. The lowest BCUT2D eigenvalue weighted by Gasteiger charge is -2.31. The van der Waals surface area contributed by atoms with Crippen LogP contribution in [0.1, 0.15) is 33.1 Å². The highest BCUT2D eigenvalue weighted by atomic mass is 32.2. The van der Waals surface area contributed by atoms with Gasteiger partial charge in [0.05, 0.1) is 17.2 Å². The Labute approximate surface area is 221 Å². The summed E-state index contributed by atoms with van der Waals surface area (Å²) in [6.07, 6.45) is 4.59. The van der Waals surface area contributed by atoms with Crippen molar-refractivity contribution in [3.05, 3.63) is 54.6 Å². The second-order valence-corrected chi connectivity index (χ2v) is 11.0. The molecule has 0 saturated carbocycles. The van der Waals surface area contributed by atoms with E-state index in [9.17, 15) is 22.0 Å². The summed E-state index contributed by atoms with van der Waals surface area (Å²) in [5, 5.41) is 0. The fraction of sp³-hybridized carbons (Fsp3) is 0.423. The molecule has 0 spiro atoms. The molecule has 1 atom stereocenters. The van der Waals surface area contributed by atoms with Crippen molar-refractivity contribution in [1.29, 1.82) is 0 Å². The molecule has 0 N–H and O–H groups in total. The van der Waals surface area contributed by atoms with E-state index in [1.54, 1.807) is 19.2 Å². The molecule has 1 aliphatic heterocycles. The van der Waals surface area contributed by atoms with Gasteiger partial charge in [0, 0.05) is 30.9 Å². The van der Waals surface area contributed by atoms with E-state index in [2.05, 4.69) is 4.74 Å². The molecule has 1 heterocycles.